The number of sulfonamides is 1. The molecule has 6 nitrogen and oxygen atoms in total. The van der Waals surface area contributed by atoms with Crippen molar-refractivity contribution < 1.29 is 17.9 Å². The monoisotopic (exact) mass is 446 g/mol. The zero-order chi connectivity index (χ0) is 19.4. The van der Waals surface area contributed by atoms with Crippen molar-refractivity contribution in [3.8, 4) is 0 Å². The third-order valence-corrected chi connectivity index (χ3v) is 6.16. The maximum atomic E-state index is 12.5. The van der Waals surface area contributed by atoms with Crippen LogP contribution in [0.3, 0.4) is 0 Å². The van der Waals surface area contributed by atoms with E-state index in [0.717, 1.165) is 18.4 Å². The van der Waals surface area contributed by atoms with E-state index in [1.54, 1.807) is 23.1 Å². The van der Waals surface area contributed by atoms with Gasteiger partial charge in [-0.2, -0.15) is 0 Å². The summed E-state index contributed by atoms with van der Waals surface area (Å²) in [5, 5.41) is 0.601. The average Bonchev–Trinajstić information content (AvgIpc) is 2.59. The van der Waals surface area contributed by atoms with E-state index in [1.165, 1.54) is 0 Å². The second kappa shape index (κ2) is 8.71. The predicted octanol–water partition coefficient (Wildman–Crippen LogP) is 3.51. The van der Waals surface area contributed by atoms with E-state index < -0.39 is 15.6 Å². The van der Waals surface area contributed by atoms with Gasteiger partial charge in [0.15, 0.2) is 0 Å². The average molecular weight is 447 g/mol. The number of amides is 1. The van der Waals surface area contributed by atoms with E-state index in [4.69, 9.17) is 4.74 Å². The quantitative estimate of drug-likeness (QED) is 0.701. The number of carbonyl (C=O) groups is 1. The molecule has 1 aromatic carbocycles. The molecule has 1 unspecified atom stereocenters. The molecule has 0 saturated carbocycles. The number of ether oxygens (including phenoxy) is 1. The Bertz CT molecular complexity index is 731. The first-order chi connectivity index (χ1) is 12.1. The van der Waals surface area contributed by atoms with Gasteiger partial charge in [-0.1, -0.05) is 28.1 Å². The Hall–Kier alpha value is -1.12. The first-order valence-corrected chi connectivity index (χ1v) is 11.3. The van der Waals surface area contributed by atoms with E-state index in [9.17, 15) is 13.2 Å². The van der Waals surface area contributed by atoms with Gasteiger partial charge in [0.1, 0.15) is 5.60 Å². The summed E-state index contributed by atoms with van der Waals surface area (Å²) in [5.74, 6) is 0.0744. The number of benzene rings is 1. The Morgan fingerprint density at radius 2 is 2.12 bits per heavy atom. The van der Waals surface area contributed by atoms with Crippen LogP contribution in [-0.2, 0) is 20.1 Å². The maximum Gasteiger partial charge on any atom is 0.410 e. The van der Waals surface area contributed by atoms with Crippen molar-refractivity contribution >= 4 is 32.0 Å². The largest absolute Gasteiger partial charge is 0.444 e. The molecule has 0 radical (unpaired) electrons. The third-order valence-electron chi connectivity index (χ3n) is 4.10. The van der Waals surface area contributed by atoms with E-state index in [2.05, 4.69) is 20.7 Å². The molecule has 1 fully saturated rings. The van der Waals surface area contributed by atoms with Gasteiger partial charge in [0.25, 0.3) is 0 Å². The second-order valence-electron chi connectivity index (χ2n) is 7.57. The van der Waals surface area contributed by atoms with Gasteiger partial charge < -0.3 is 9.64 Å². The molecule has 1 atom stereocenters. The SMILES string of the molecule is CC(C)(C)OC(=O)N1CCCC(CNS(=O)(=O)c2cccc(CBr)c2)C1. The van der Waals surface area contributed by atoms with Crippen LogP contribution in [0.4, 0.5) is 4.79 Å². The highest BCUT2D eigenvalue weighted by atomic mass is 79.9. The van der Waals surface area contributed by atoms with Crippen molar-refractivity contribution in [3.05, 3.63) is 29.8 Å². The lowest BCUT2D eigenvalue weighted by molar-refractivity contribution is 0.0169. The molecule has 1 amide bonds. The minimum atomic E-state index is -3.56. The van der Waals surface area contributed by atoms with Crippen molar-refractivity contribution in [1.82, 2.24) is 9.62 Å². The summed E-state index contributed by atoms with van der Waals surface area (Å²) >= 11 is 3.34. The van der Waals surface area contributed by atoms with Gasteiger partial charge in [0, 0.05) is 25.0 Å². The zero-order valence-corrected chi connectivity index (χ0v) is 17.9. The number of hydrogen-bond acceptors (Lipinski definition) is 4. The Balaban J connectivity index is 1.94. The van der Waals surface area contributed by atoms with Crippen LogP contribution in [0.15, 0.2) is 29.2 Å². The second-order valence-corrected chi connectivity index (χ2v) is 9.90. The molecule has 1 aliphatic rings. The Kier molecular flexibility index (Phi) is 7.10. The molecule has 146 valence electrons. The van der Waals surface area contributed by atoms with E-state index in [0.29, 0.717) is 25.0 Å². The lowest BCUT2D eigenvalue weighted by atomic mass is 9.99. The molecule has 0 aliphatic carbocycles. The Labute approximate surface area is 164 Å². The van der Waals surface area contributed by atoms with E-state index >= 15 is 0 Å². The smallest absolute Gasteiger partial charge is 0.410 e. The fourth-order valence-electron chi connectivity index (χ4n) is 2.83. The minimum absolute atomic E-state index is 0.0744. The normalized spacial score (nSPS) is 18.6. The number of hydrogen-bond donors (Lipinski definition) is 1. The molecule has 1 aliphatic heterocycles. The van der Waals surface area contributed by atoms with Crippen LogP contribution < -0.4 is 4.72 Å². The van der Waals surface area contributed by atoms with Crippen LogP contribution in [-0.4, -0.2) is 44.6 Å². The topological polar surface area (TPSA) is 75.7 Å². The lowest BCUT2D eigenvalue weighted by Gasteiger charge is -2.34. The van der Waals surface area contributed by atoms with Crippen molar-refractivity contribution in [2.24, 2.45) is 5.92 Å². The molecule has 0 bridgehead atoms. The van der Waals surface area contributed by atoms with Crippen LogP contribution in [0.1, 0.15) is 39.2 Å². The van der Waals surface area contributed by atoms with E-state index in [-0.39, 0.29) is 16.9 Å². The minimum Gasteiger partial charge on any atom is -0.444 e. The molecular weight excluding hydrogens is 420 g/mol. The summed E-state index contributed by atoms with van der Waals surface area (Å²) in [5.41, 5.74) is 0.369. The molecule has 1 heterocycles. The summed E-state index contributed by atoms with van der Waals surface area (Å²) in [6.07, 6.45) is 1.38. The molecule has 8 heteroatoms. The van der Waals surface area contributed by atoms with Crippen LogP contribution in [0, 0.1) is 5.92 Å². The van der Waals surface area contributed by atoms with Gasteiger partial charge in [0.2, 0.25) is 10.0 Å². The van der Waals surface area contributed by atoms with Crippen molar-refractivity contribution in [2.45, 2.75) is 49.4 Å². The number of nitrogens with one attached hydrogen (secondary N) is 1. The lowest BCUT2D eigenvalue weighted by Crippen LogP contribution is -2.45. The molecule has 0 aromatic heterocycles. The molecule has 1 saturated heterocycles. The van der Waals surface area contributed by atoms with Gasteiger partial charge in [-0.25, -0.2) is 17.9 Å². The van der Waals surface area contributed by atoms with E-state index in [1.807, 2.05) is 26.8 Å². The summed E-state index contributed by atoms with van der Waals surface area (Å²) in [6, 6.07) is 6.84. The summed E-state index contributed by atoms with van der Waals surface area (Å²) < 4.78 is 33.1. The number of carbonyl (C=O) groups excluding carboxylic acids is 1. The molecule has 1 aromatic rings. The fourth-order valence-corrected chi connectivity index (χ4v) is 4.37. The van der Waals surface area contributed by atoms with Crippen LogP contribution in [0.25, 0.3) is 0 Å². The first-order valence-electron chi connectivity index (χ1n) is 8.73. The van der Waals surface area contributed by atoms with Gasteiger partial charge in [-0.15, -0.1) is 0 Å². The van der Waals surface area contributed by atoms with Gasteiger partial charge in [-0.05, 0) is 57.2 Å². The molecular formula is C18H27BrN2O4S. The van der Waals surface area contributed by atoms with Crippen LogP contribution >= 0.6 is 15.9 Å². The number of nitrogens with zero attached hydrogens (tertiary/aromatic N) is 1. The van der Waals surface area contributed by atoms with Crippen LogP contribution in [0.5, 0.6) is 0 Å². The molecule has 2 rings (SSSR count). The summed E-state index contributed by atoms with van der Waals surface area (Å²) in [4.78, 5) is 14.1. The highest BCUT2D eigenvalue weighted by Crippen LogP contribution is 2.20. The van der Waals surface area contributed by atoms with Gasteiger partial charge in [-0.3, -0.25) is 0 Å². The summed E-state index contributed by atoms with van der Waals surface area (Å²) in [7, 11) is -3.56. The van der Waals surface area contributed by atoms with Gasteiger partial charge in [0.05, 0.1) is 4.90 Å². The number of likely N-dealkylation sites (tertiary alicyclic amines) is 1. The van der Waals surface area contributed by atoms with Crippen LogP contribution in [0.2, 0.25) is 0 Å². The number of halogens is 1. The number of alkyl halides is 1. The van der Waals surface area contributed by atoms with Crippen molar-refractivity contribution in [3.63, 3.8) is 0 Å². The fraction of sp³-hybridized carbons (Fsp3) is 0.611. The molecule has 0 spiro atoms. The standard InChI is InChI=1S/C18H27BrN2O4S/c1-18(2,3)25-17(22)21-9-5-7-15(13-21)12-20-26(23,24)16-8-4-6-14(10-16)11-19/h4,6,8,10,15,20H,5,7,9,11-13H2,1-3H3. The highest BCUT2D eigenvalue weighted by Gasteiger charge is 2.28. The maximum absolute atomic E-state index is 12.5. The number of rotatable bonds is 5. The molecule has 1 N–H and O–H groups in total. The van der Waals surface area contributed by atoms with Crippen molar-refractivity contribution in [2.75, 3.05) is 19.6 Å². The third kappa shape index (κ3) is 6.25. The number of piperidine rings is 1. The first kappa shape index (κ1) is 21.2. The Morgan fingerprint density at radius 1 is 1.38 bits per heavy atom. The highest BCUT2D eigenvalue weighted by molar-refractivity contribution is 9.08. The Morgan fingerprint density at radius 3 is 2.77 bits per heavy atom. The summed E-state index contributed by atoms with van der Waals surface area (Å²) in [6.45, 7) is 6.95. The zero-order valence-electron chi connectivity index (χ0n) is 15.5. The van der Waals surface area contributed by atoms with Gasteiger partial charge >= 0.3 is 6.09 Å². The van der Waals surface area contributed by atoms with Crippen molar-refractivity contribution in [1.29, 1.82) is 0 Å². The predicted molar refractivity (Wildman–Crippen MR) is 105 cm³/mol. The molecule has 26 heavy (non-hydrogen) atoms.